The molecule has 0 aliphatic carbocycles. The lowest BCUT2D eigenvalue weighted by molar-refractivity contribution is -0.153. The Morgan fingerprint density at radius 3 is 2.38 bits per heavy atom. The number of urea groups is 1. The predicted molar refractivity (Wildman–Crippen MR) is 147 cm³/mol. The quantitative estimate of drug-likeness (QED) is 0.205. The van der Waals surface area contributed by atoms with E-state index in [-0.39, 0.29) is 19.4 Å². The summed E-state index contributed by atoms with van der Waals surface area (Å²) >= 11 is 0. The van der Waals surface area contributed by atoms with Gasteiger partial charge < -0.3 is 31.5 Å². The van der Waals surface area contributed by atoms with Gasteiger partial charge in [0.15, 0.2) is 0 Å². The van der Waals surface area contributed by atoms with Crippen molar-refractivity contribution in [3.05, 3.63) is 70.8 Å². The molecular formula is C29H42F2N4O4. The van der Waals surface area contributed by atoms with Gasteiger partial charge in [0.1, 0.15) is 23.8 Å². The van der Waals surface area contributed by atoms with Crippen molar-refractivity contribution in [1.29, 1.82) is 0 Å². The van der Waals surface area contributed by atoms with Crippen LogP contribution in [0.4, 0.5) is 13.6 Å². The number of halogens is 2. The molecule has 2 aromatic rings. The summed E-state index contributed by atoms with van der Waals surface area (Å²) in [4.78, 5) is 25.2. The molecule has 216 valence electrons. The van der Waals surface area contributed by atoms with E-state index in [9.17, 15) is 23.5 Å². The number of nitrogens with one attached hydrogen (secondary N) is 3. The SMILES string of the molecule is CCCCC(O)C[C@H](NC(=O)NC)C(=O)O[C@H](CNCc1cccc(CC)c1)C(N)Cc1cc(F)cc(F)c1. The number of amides is 2. The number of unbranched alkanes of at least 4 members (excludes halogenated alkanes) is 1. The summed E-state index contributed by atoms with van der Waals surface area (Å²) in [5.74, 6) is -2.21. The van der Waals surface area contributed by atoms with Gasteiger partial charge in [-0.05, 0) is 48.1 Å². The van der Waals surface area contributed by atoms with Crippen LogP contribution in [0.2, 0.25) is 0 Å². The van der Waals surface area contributed by atoms with Crippen LogP contribution in [-0.2, 0) is 28.9 Å². The van der Waals surface area contributed by atoms with Gasteiger partial charge in [0, 0.05) is 38.7 Å². The van der Waals surface area contributed by atoms with E-state index in [1.807, 2.05) is 25.1 Å². The van der Waals surface area contributed by atoms with Crippen LogP contribution in [0.15, 0.2) is 42.5 Å². The number of rotatable bonds is 16. The van der Waals surface area contributed by atoms with Gasteiger partial charge in [0.2, 0.25) is 0 Å². The molecule has 0 saturated carbocycles. The first-order valence-corrected chi connectivity index (χ1v) is 13.5. The van der Waals surface area contributed by atoms with Crippen LogP contribution in [0.3, 0.4) is 0 Å². The largest absolute Gasteiger partial charge is 0.458 e. The zero-order chi connectivity index (χ0) is 28.8. The zero-order valence-electron chi connectivity index (χ0n) is 23.0. The summed E-state index contributed by atoms with van der Waals surface area (Å²) in [6.07, 6.45) is 1.33. The van der Waals surface area contributed by atoms with E-state index < -0.39 is 47.9 Å². The van der Waals surface area contributed by atoms with Crippen molar-refractivity contribution >= 4 is 12.0 Å². The third kappa shape index (κ3) is 11.7. The maximum absolute atomic E-state index is 13.8. The Kier molecular flexibility index (Phi) is 13.8. The molecule has 10 heteroatoms. The maximum atomic E-state index is 13.8. The number of benzene rings is 2. The van der Waals surface area contributed by atoms with E-state index in [2.05, 4.69) is 28.9 Å². The van der Waals surface area contributed by atoms with Crippen molar-refractivity contribution in [3.63, 3.8) is 0 Å². The van der Waals surface area contributed by atoms with Gasteiger partial charge in [-0.1, -0.05) is 51.0 Å². The Morgan fingerprint density at radius 1 is 1.05 bits per heavy atom. The summed E-state index contributed by atoms with van der Waals surface area (Å²) in [6, 6.07) is 8.69. The van der Waals surface area contributed by atoms with Gasteiger partial charge in [0.05, 0.1) is 6.10 Å². The van der Waals surface area contributed by atoms with Crippen molar-refractivity contribution < 1.29 is 28.2 Å². The molecule has 0 saturated heterocycles. The average Bonchev–Trinajstić information content (AvgIpc) is 2.90. The highest BCUT2D eigenvalue weighted by molar-refractivity contribution is 5.83. The van der Waals surface area contributed by atoms with Crippen LogP contribution < -0.4 is 21.7 Å². The number of hydrogen-bond donors (Lipinski definition) is 5. The number of aliphatic hydroxyl groups is 1. The first kappa shape index (κ1) is 32.1. The van der Waals surface area contributed by atoms with Crippen LogP contribution in [0.1, 0.15) is 56.2 Å². The van der Waals surface area contributed by atoms with Crippen molar-refractivity contribution in [2.45, 2.75) is 83.2 Å². The molecule has 0 fully saturated rings. The highest BCUT2D eigenvalue weighted by Gasteiger charge is 2.30. The topological polar surface area (TPSA) is 126 Å². The van der Waals surface area contributed by atoms with Gasteiger partial charge in [-0.15, -0.1) is 0 Å². The number of carbonyl (C=O) groups excluding carboxylic acids is 2. The van der Waals surface area contributed by atoms with Crippen molar-refractivity contribution in [2.75, 3.05) is 13.6 Å². The minimum Gasteiger partial charge on any atom is -0.458 e. The Bertz CT molecular complexity index is 1040. The van der Waals surface area contributed by atoms with E-state index in [4.69, 9.17) is 10.5 Å². The summed E-state index contributed by atoms with van der Waals surface area (Å²) < 4.78 is 33.3. The van der Waals surface area contributed by atoms with Crippen LogP contribution in [0.5, 0.6) is 0 Å². The first-order valence-electron chi connectivity index (χ1n) is 13.5. The Hall–Kier alpha value is -3.08. The zero-order valence-corrected chi connectivity index (χ0v) is 23.0. The summed E-state index contributed by atoms with van der Waals surface area (Å²) in [5.41, 5.74) is 8.96. The smallest absolute Gasteiger partial charge is 0.329 e. The fourth-order valence-corrected chi connectivity index (χ4v) is 4.24. The fourth-order valence-electron chi connectivity index (χ4n) is 4.24. The molecule has 4 atom stereocenters. The number of ether oxygens (including phenoxy) is 1. The second-order valence-electron chi connectivity index (χ2n) is 9.73. The molecule has 2 amide bonds. The average molecular weight is 549 g/mol. The van der Waals surface area contributed by atoms with E-state index in [0.29, 0.717) is 18.5 Å². The predicted octanol–water partition coefficient (Wildman–Crippen LogP) is 3.34. The van der Waals surface area contributed by atoms with E-state index in [1.165, 1.54) is 24.7 Å². The normalized spacial score (nSPS) is 14.2. The second kappa shape index (κ2) is 16.8. The molecule has 0 heterocycles. The van der Waals surface area contributed by atoms with Gasteiger partial charge in [-0.25, -0.2) is 18.4 Å². The monoisotopic (exact) mass is 548 g/mol. The lowest BCUT2D eigenvalue weighted by Crippen LogP contribution is -2.51. The number of hydrogen-bond acceptors (Lipinski definition) is 6. The van der Waals surface area contributed by atoms with E-state index >= 15 is 0 Å². The molecule has 0 spiro atoms. The lowest BCUT2D eigenvalue weighted by Gasteiger charge is -2.28. The van der Waals surface area contributed by atoms with Gasteiger partial charge in [-0.3, -0.25) is 0 Å². The van der Waals surface area contributed by atoms with Crippen molar-refractivity contribution in [3.8, 4) is 0 Å². The molecule has 0 aliphatic rings. The maximum Gasteiger partial charge on any atom is 0.329 e. The van der Waals surface area contributed by atoms with Crippen LogP contribution in [0.25, 0.3) is 0 Å². The molecule has 0 bridgehead atoms. The second-order valence-corrected chi connectivity index (χ2v) is 9.73. The van der Waals surface area contributed by atoms with Crippen molar-refractivity contribution in [2.24, 2.45) is 5.73 Å². The molecule has 0 aliphatic heterocycles. The van der Waals surface area contributed by atoms with Gasteiger partial charge in [0.25, 0.3) is 0 Å². The molecule has 39 heavy (non-hydrogen) atoms. The molecule has 2 rings (SSSR count). The van der Waals surface area contributed by atoms with Crippen molar-refractivity contribution in [1.82, 2.24) is 16.0 Å². The number of nitrogens with two attached hydrogens (primary N) is 1. The Labute approximate surface area is 229 Å². The highest BCUT2D eigenvalue weighted by atomic mass is 19.1. The fraction of sp³-hybridized carbons (Fsp3) is 0.517. The molecule has 2 aromatic carbocycles. The minimum atomic E-state index is -1.11. The molecular weight excluding hydrogens is 506 g/mol. The Morgan fingerprint density at radius 2 is 1.74 bits per heavy atom. The summed E-state index contributed by atoms with van der Waals surface area (Å²) in [7, 11) is 1.42. The molecule has 8 nitrogen and oxygen atoms in total. The first-order chi connectivity index (χ1) is 18.6. The van der Waals surface area contributed by atoms with Crippen LogP contribution >= 0.6 is 0 Å². The third-order valence-electron chi connectivity index (χ3n) is 6.43. The van der Waals surface area contributed by atoms with Crippen LogP contribution in [0, 0.1) is 11.6 Å². The number of aliphatic hydroxyl groups excluding tert-OH is 1. The third-order valence-corrected chi connectivity index (χ3v) is 6.43. The number of carbonyl (C=O) groups is 2. The van der Waals surface area contributed by atoms with Crippen LogP contribution in [-0.4, -0.2) is 55.0 Å². The van der Waals surface area contributed by atoms with Gasteiger partial charge in [-0.2, -0.15) is 0 Å². The highest BCUT2D eigenvalue weighted by Crippen LogP contribution is 2.15. The molecule has 6 N–H and O–H groups in total. The Balaban J connectivity index is 2.18. The van der Waals surface area contributed by atoms with E-state index in [0.717, 1.165) is 30.9 Å². The number of aryl methyl sites for hydroxylation is 1. The standard InChI is InChI=1S/C29H42F2N4O4/c1-4-6-10-24(36)16-26(35-29(38)33-3)28(37)39-27(18-34-17-20-9-7-8-19(5-2)11-20)25(32)14-21-12-22(30)15-23(31)13-21/h7-9,11-13,15,24-27,34,36H,4-6,10,14,16-18,32H2,1-3H3,(H2,33,35,38)/t24?,25?,26-,27+/m0/s1. The minimum absolute atomic E-state index is 0.0272. The summed E-state index contributed by atoms with van der Waals surface area (Å²) in [6.45, 7) is 4.70. The van der Waals surface area contributed by atoms with E-state index in [1.54, 1.807) is 0 Å². The lowest BCUT2D eigenvalue weighted by atomic mass is 10.0. The van der Waals surface area contributed by atoms with Gasteiger partial charge >= 0.3 is 12.0 Å². The summed E-state index contributed by atoms with van der Waals surface area (Å²) in [5, 5.41) is 18.6. The number of esters is 1. The molecule has 2 unspecified atom stereocenters. The molecule has 0 radical (unpaired) electrons. The molecule has 0 aromatic heterocycles.